The Morgan fingerprint density at radius 3 is 2.55 bits per heavy atom. The first-order valence-electron chi connectivity index (χ1n) is 7.55. The van der Waals surface area contributed by atoms with Crippen molar-refractivity contribution in [1.82, 2.24) is 10.2 Å². The van der Waals surface area contributed by atoms with E-state index in [-0.39, 0.29) is 17.9 Å². The summed E-state index contributed by atoms with van der Waals surface area (Å²) in [5.74, 6) is 0.00743. The SMILES string of the molecule is CCCC(=O)N1CCC(NC(=O)c2ccc(Cl)cc2Cl)CC1. The summed E-state index contributed by atoms with van der Waals surface area (Å²) in [5.41, 5.74) is 0.426. The molecule has 0 bridgehead atoms. The summed E-state index contributed by atoms with van der Waals surface area (Å²) in [5, 5.41) is 3.83. The van der Waals surface area contributed by atoms with Crippen LogP contribution in [-0.4, -0.2) is 35.8 Å². The van der Waals surface area contributed by atoms with E-state index in [1.807, 2.05) is 11.8 Å². The number of benzene rings is 1. The average Bonchev–Trinajstić information content (AvgIpc) is 2.48. The van der Waals surface area contributed by atoms with Gasteiger partial charge in [0.25, 0.3) is 5.91 Å². The zero-order chi connectivity index (χ0) is 16.1. The maximum absolute atomic E-state index is 12.2. The van der Waals surface area contributed by atoms with Crippen molar-refractivity contribution in [3.63, 3.8) is 0 Å². The van der Waals surface area contributed by atoms with Gasteiger partial charge in [-0.1, -0.05) is 30.1 Å². The van der Waals surface area contributed by atoms with E-state index < -0.39 is 0 Å². The molecule has 22 heavy (non-hydrogen) atoms. The largest absolute Gasteiger partial charge is 0.349 e. The van der Waals surface area contributed by atoms with Gasteiger partial charge >= 0.3 is 0 Å². The van der Waals surface area contributed by atoms with Crippen LogP contribution in [0.5, 0.6) is 0 Å². The lowest BCUT2D eigenvalue weighted by Gasteiger charge is -2.32. The molecule has 2 rings (SSSR count). The molecule has 120 valence electrons. The van der Waals surface area contributed by atoms with E-state index in [4.69, 9.17) is 23.2 Å². The molecule has 1 heterocycles. The van der Waals surface area contributed by atoms with Gasteiger partial charge in [0, 0.05) is 30.6 Å². The molecule has 4 nitrogen and oxygen atoms in total. The fraction of sp³-hybridized carbons (Fsp3) is 0.500. The molecule has 1 N–H and O–H groups in total. The van der Waals surface area contributed by atoms with Crippen LogP contribution in [0.25, 0.3) is 0 Å². The zero-order valence-corrected chi connectivity index (χ0v) is 14.1. The number of nitrogens with one attached hydrogen (secondary N) is 1. The molecule has 6 heteroatoms. The minimum absolute atomic E-state index is 0.0740. The lowest BCUT2D eigenvalue weighted by molar-refractivity contribution is -0.132. The Kier molecular flexibility index (Phi) is 6.09. The van der Waals surface area contributed by atoms with E-state index in [9.17, 15) is 9.59 Å². The first-order chi connectivity index (χ1) is 10.5. The summed E-state index contributed by atoms with van der Waals surface area (Å²) in [4.78, 5) is 26.0. The lowest BCUT2D eigenvalue weighted by Crippen LogP contribution is -2.46. The van der Waals surface area contributed by atoms with Gasteiger partial charge in [-0.05, 0) is 37.5 Å². The van der Waals surface area contributed by atoms with Crippen LogP contribution in [0.2, 0.25) is 10.0 Å². The molecular formula is C16H20Cl2N2O2. The third-order valence-electron chi connectivity index (χ3n) is 3.82. The summed E-state index contributed by atoms with van der Waals surface area (Å²) in [6.45, 7) is 3.39. The second-order valence-electron chi connectivity index (χ2n) is 5.50. The predicted molar refractivity (Wildman–Crippen MR) is 88.4 cm³/mol. The van der Waals surface area contributed by atoms with Crippen molar-refractivity contribution in [3.05, 3.63) is 33.8 Å². The molecule has 1 aliphatic rings. The highest BCUT2D eigenvalue weighted by Gasteiger charge is 2.24. The van der Waals surface area contributed by atoms with Gasteiger partial charge in [0.05, 0.1) is 10.6 Å². The third kappa shape index (κ3) is 4.37. The predicted octanol–water partition coefficient (Wildman–Crippen LogP) is 3.51. The molecule has 1 aromatic rings. The van der Waals surface area contributed by atoms with Crippen LogP contribution < -0.4 is 5.32 Å². The van der Waals surface area contributed by atoms with Gasteiger partial charge < -0.3 is 10.2 Å². The fourth-order valence-electron chi connectivity index (χ4n) is 2.58. The molecule has 0 atom stereocenters. The molecule has 0 saturated carbocycles. The van der Waals surface area contributed by atoms with E-state index in [0.29, 0.717) is 35.1 Å². The first kappa shape index (κ1) is 17.1. The number of carbonyl (C=O) groups excluding carboxylic acids is 2. The Balaban J connectivity index is 1.88. The Morgan fingerprint density at radius 1 is 1.27 bits per heavy atom. The van der Waals surface area contributed by atoms with Crippen molar-refractivity contribution >= 4 is 35.0 Å². The number of amides is 2. The van der Waals surface area contributed by atoms with E-state index in [1.165, 1.54) is 0 Å². The number of hydrogen-bond acceptors (Lipinski definition) is 2. The smallest absolute Gasteiger partial charge is 0.253 e. The second-order valence-corrected chi connectivity index (χ2v) is 6.35. The highest BCUT2D eigenvalue weighted by atomic mass is 35.5. The number of piperidine rings is 1. The number of carbonyl (C=O) groups is 2. The van der Waals surface area contributed by atoms with Crippen LogP contribution in [0.4, 0.5) is 0 Å². The van der Waals surface area contributed by atoms with Crippen LogP contribution in [0.15, 0.2) is 18.2 Å². The van der Waals surface area contributed by atoms with Gasteiger partial charge in [-0.3, -0.25) is 9.59 Å². The van der Waals surface area contributed by atoms with Crippen molar-refractivity contribution < 1.29 is 9.59 Å². The minimum Gasteiger partial charge on any atom is -0.349 e. The molecule has 0 aromatic heterocycles. The highest BCUT2D eigenvalue weighted by Crippen LogP contribution is 2.21. The topological polar surface area (TPSA) is 49.4 Å². The van der Waals surface area contributed by atoms with Crippen molar-refractivity contribution in [3.8, 4) is 0 Å². The maximum atomic E-state index is 12.2. The second kappa shape index (κ2) is 7.84. The van der Waals surface area contributed by atoms with Crippen molar-refractivity contribution in [2.75, 3.05) is 13.1 Å². The van der Waals surface area contributed by atoms with Crippen LogP contribution in [0.3, 0.4) is 0 Å². The van der Waals surface area contributed by atoms with Crippen LogP contribution in [0, 0.1) is 0 Å². The van der Waals surface area contributed by atoms with Gasteiger partial charge in [0.15, 0.2) is 0 Å². The molecule has 0 spiro atoms. The summed E-state index contributed by atoms with van der Waals surface area (Å²) >= 11 is 11.9. The number of halogens is 2. The summed E-state index contributed by atoms with van der Waals surface area (Å²) in [6, 6.07) is 4.91. The normalized spacial score (nSPS) is 15.7. The number of nitrogens with zero attached hydrogens (tertiary/aromatic N) is 1. The Morgan fingerprint density at radius 2 is 1.95 bits per heavy atom. The number of likely N-dealkylation sites (tertiary alicyclic amines) is 1. The van der Waals surface area contributed by atoms with E-state index in [0.717, 1.165) is 19.3 Å². The zero-order valence-electron chi connectivity index (χ0n) is 12.6. The van der Waals surface area contributed by atoms with Crippen molar-refractivity contribution in [1.29, 1.82) is 0 Å². The molecule has 1 aliphatic heterocycles. The molecular weight excluding hydrogens is 323 g/mol. The number of rotatable bonds is 4. The molecule has 0 radical (unpaired) electrons. The van der Waals surface area contributed by atoms with Gasteiger partial charge in [-0.25, -0.2) is 0 Å². The quantitative estimate of drug-likeness (QED) is 0.909. The molecule has 1 saturated heterocycles. The highest BCUT2D eigenvalue weighted by molar-refractivity contribution is 6.36. The molecule has 1 aromatic carbocycles. The molecule has 2 amide bonds. The Labute approximate surface area is 140 Å². The van der Waals surface area contributed by atoms with E-state index in [2.05, 4.69) is 5.32 Å². The summed E-state index contributed by atoms with van der Waals surface area (Å²) in [7, 11) is 0. The minimum atomic E-state index is -0.194. The number of hydrogen-bond donors (Lipinski definition) is 1. The standard InChI is InChI=1S/C16H20Cl2N2O2/c1-2-3-15(21)20-8-6-12(7-9-20)19-16(22)13-5-4-11(17)10-14(13)18/h4-5,10,12H,2-3,6-9H2,1H3,(H,19,22). The maximum Gasteiger partial charge on any atom is 0.253 e. The molecule has 1 fully saturated rings. The van der Waals surface area contributed by atoms with E-state index >= 15 is 0 Å². The van der Waals surface area contributed by atoms with Crippen LogP contribution in [0.1, 0.15) is 43.0 Å². The summed E-state index contributed by atoms with van der Waals surface area (Å²) in [6.07, 6.45) is 3.00. The first-order valence-corrected chi connectivity index (χ1v) is 8.30. The lowest BCUT2D eigenvalue weighted by atomic mass is 10.0. The summed E-state index contributed by atoms with van der Waals surface area (Å²) < 4.78 is 0. The fourth-order valence-corrected chi connectivity index (χ4v) is 3.08. The van der Waals surface area contributed by atoms with Gasteiger partial charge in [0.2, 0.25) is 5.91 Å². The van der Waals surface area contributed by atoms with Crippen molar-refractivity contribution in [2.45, 2.75) is 38.6 Å². The molecule has 0 unspecified atom stereocenters. The van der Waals surface area contributed by atoms with E-state index in [1.54, 1.807) is 18.2 Å². The van der Waals surface area contributed by atoms with Gasteiger partial charge in [0.1, 0.15) is 0 Å². The van der Waals surface area contributed by atoms with Gasteiger partial charge in [-0.2, -0.15) is 0 Å². The van der Waals surface area contributed by atoms with Crippen LogP contribution in [-0.2, 0) is 4.79 Å². The monoisotopic (exact) mass is 342 g/mol. The Hall–Kier alpha value is -1.26. The van der Waals surface area contributed by atoms with Crippen LogP contribution >= 0.6 is 23.2 Å². The Bertz CT molecular complexity index is 555. The molecule has 0 aliphatic carbocycles. The van der Waals surface area contributed by atoms with Crippen molar-refractivity contribution in [2.24, 2.45) is 0 Å². The average molecular weight is 343 g/mol. The van der Waals surface area contributed by atoms with Gasteiger partial charge in [-0.15, -0.1) is 0 Å². The third-order valence-corrected chi connectivity index (χ3v) is 4.37.